The summed E-state index contributed by atoms with van der Waals surface area (Å²) in [6.07, 6.45) is 3.10. The number of aromatic nitrogens is 2. The second-order valence-corrected chi connectivity index (χ2v) is 10.7. The maximum absolute atomic E-state index is 13.3. The van der Waals surface area contributed by atoms with Crippen molar-refractivity contribution < 1.29 is 13.2 Å². The summed E-state index contributed by atoms with van der Waals surface area (Å²) < 4.78 is 29.6. The fraction of sp³-hybridized carbons (Fsp3) is 0.133. The van der Waals surface area contributed by atoms with Crippen molar-refractivity contribution in [2.45, 2.75) is 31.7 Å². The topological polar surface area (TPSA) is 72.3 Å². The van der Waals surface area contributed by atoms with Crippen molar-refractivity contribution in [1.82, 2.24) is 9.55 Å². The molecule has 0 aliphatic carbocycles. The fourth-order valence-corrected chi connectivity index (χ4v) is 5.89. The lowest BCUT2D eigenvalue weighted by Gasteiger charge is -2.21. The molecule has 186 valence electrons. The Bertz CT molecular complexity index is 1680. The van der Waals surface area contributed by atoms with Crippen LogP contribution in [0.2, 0.25) is 0 Å². The van der Waals surface area contributed by atoms with Crippen LogP contribution in [0.15, 0.2) is 102 Å². The van der Waals surface area contributed by atoms with Crippen LogP contribution < -0.4 is 4.31 Å². The highest BCUT2D eigenvalue weighted by Crippen LogP contribution is 2.34. The minimum Gasteiger partial charge on any atom is -0.325 e. The predicted octanol–water partition coefficient (Wildman–Crippen LogP) is 5.97. The third-order valence-corrected chi connectivity index (χ3v) is 8.27. The number of benzene rings is 3. The number of rotatable bonds is 8. The SMILES string of the molecule is CCc1cc2c(C)ccnc2n1Cc1ccc(-c2ccccc2N(C=O)S(=O)(=O)c2ccccc2)cc1. The molecule has 0 atom stereocenters. The Kier molecular flexibility index (Phi) is 6.63. The summed E-state index contributed by atoms with van der Waals surface area (Å²) in [6.45, 7) is 4.91. The molecule has 0 saturated carbocycles. The van der Waals surface area contributed by atoms with E-state index in [4.69, 9.17) is 0 Å². The minimum absolute atomic E-state index is 0.0572. The van der Waals surface area contributed by atoms with Crippen molar-refractivity contribution in [1.29, 1.82) is 0 Å². The Morgan fingerprint density at radius 1 is 0.919 bits per heavy atom. The summed E-state index contributed by atoms with van der Waals surface area (Å²) in [5.74, 6) is 0. The molecule has 2 aromatic heterocycles. The molecule has 5 aromatic rings. The van der Waals surface area contributed by atoms with Gasteiger partial charge in [-0.2, -0.15) is 0 Å². The summed E-state index contributed by atoms with van der Waals surface area (Å²) in [5, 5.41) is 1.17. The number of carbonyl (C=O) groups is 1. The van der Waals surface area contributed by atoms with E-state index in [1.807, 2.05) is 48.7 Å². The lowest BCUT2D eigenvalue weighted by molar-refractivity contribution is -0.106. The van der Waals surface area contributed by atoms with E-state index in [9.17, 15) is 13.2 Å². The molecule has 0 saturated heterocycles. The Labute approximate surface area is 216 Å². The summed E-state index contributed by atoms with van der Waals surface area (Å²) in [4.78, 5) is 16.8. The summed E-state index contributed by atoms with van der Waals surface area (Å²) >= 11 is 0. The standard InChI is InChI=1S/C30H27N3O3S/c1-3-25-19-28-22(2)17-18-31-30(28)32(25)20-23-13-15-24(16-14-23)27-11-7-8-12-29(27)33(21-34)37(35,36)26-9-5-4-6-10-26/h4-19,21H,3,20H2,1-2H3. The highest BCUT2D eigenvalue weighted by Gasteiger charge is 2.26. The van der Waals surface area contributed by atoms with E-state index < -0.39 is 10.0 Å². The van der Waals surface area contributed by atoms with Crippen LogP contribution in [0.4, 0.5) is 5.69 Å². The Hall–Kier alpha value is -4.23. The Balaban J connectivity index is 1.50. The molecule has 0 bridgehead atoms. The van der Waals surface area contributed by atoms with E-state index in [0.29, 0.717) is 24.2 Å². The molecule has 0 radical (unpaired) electrons. The van der Waals surface area contributed by atoms with Crippen LogP contribution >= 0.6 is 0 Å². The van der Waals surface area contributed by atoms with E-state index in [0.717, 1.165) is 27.5 Å². The third-order valence-electron chi connectivity index (χ3n) is 6.61. The molecule has 3 aromatic carbocycles. The van der Waals surface area contributed by atoms with Gasteiger partial charge in [-0.3, -0.25) is 4.79 Å². The highest BCUT2D eigenvalue weighted by molar-refractivity contribution is 7.93. The Morgan fingerprint density at radius 3 is 2.32 bits per heavy atom. The number of nitrogens with zero attached hydrogens (tertiary/aromatic N) is 3. The zero-order valence-electron chi connectivity index (χ0n) is 20.7. The van der Waals surface area contributed by atoms with Gasteiger partial charge < -0.3 is 4.57 Å². The third kappa shape index (κ3) is 4.54. The molecular formula is C30H27N3O3S. The number of amides is 1. The smallest absolute Gasteiger partial charge is 0.270 e. The number of hydrogen-bond acceptors (Lipinski definition) is 4. The maximum Gasteiger partial charge on any atom is 0.270 e. The van der Waals surface area contributed by atoms with Crippen molar-refractivity contribution in [3.05, 3.63) is 114 Å². The van der Waals surface area contributed by atoms with Crippen LogP contribution in [0.25, 0.3) is 22.2 Å². The van der Waals surface area contributed by atoms with E-state index in [2.05, 4.69) is 29.5 Å². The fourth-order valence-electron chi connectivity index (χ4n) is 4.63. The number of anilines is 1. The van der Waals surface area contributed by atoms with Gasteiger partial charge in [-0.15, -0.1) is 0 Å². The molecule has 7 heteroatoms. The van der Waals surface area contributed by atoms with Crippen LogP contribution in [0.1, 0.15) is 23.7 Å². The zero-order valence-corrected chi connectivity index (χ0v) is 21.5. The second-order valence-electron chi connectivity index (χ2n) is 8.87. The lowest BCUT2D eigenvalue weighted by atomic mass is 10.0. The first-order valence-corrected chi connectivity index (χ1v) is 13.5. The van der Waals surface area contributed by atoms with Gasteiger partial charge in [-0.05, 0) is 60.4 Å². The predicted molar refractivity (Wildman–Crippen MR) is 147 cm³/mol. The van der Waals surface area contributed by atoms with Crippen LogP contribution in [0.5, 0.6) is 0 Å². The first-order valence-electron chi connectivity index (χ1n) is 12.1. The van der Waals surface area contributed by atoms with Gasteiger partial charge in [0.1, 0.15) is 5.65 Å². The molecule has 0 aliphatic rings. The van der Waals surface area contributed by atoms with E-state index in [1.54, 1.807) is 30.3 Å². The van der Waals surface area contributed by atoms with Crippen LogP contribution in [-0.2, 0) is 27.8 Å². The largest absolute Gasteiger partial charge is 0.325 e. The van der Waals surface area contributed by atoms with Crippen LogP contribution in [0, 0.1) is 6.92 Å². The molecule has 0 unspecified atom stereocenters. The zero-order chi connectivity index (χ0) is 26.0. The molecule has 0 N–H and O–H groups in total. The second kappa shape index (κ2) is 10.0. The average Bonchev–Trinajstić information content (AvgIpc) is 3.29. The van der Waals surface area contributed by atoms with Gasteiger partial charge in [-0.1, -0.05) is 67.6 Å². The first-order chi connectivity index (χ1) is 17.9. The van der Waals surface area contributed by atoms with E-state index >= 15 is 0 Å². The molecule has 6 nitrogen and oxygen atoms in total. The van der Waals surface area contributed by atoms with Crippen molar-refractivity contribution in [3.8, 4) is 11.1 Å². The monoisotopic (exact) mass is 509 g/mol. The van der Waals surface area contributed by atoms with Crippen molar-refractivity contribution in [2.24, 2.45) is 0 Å². The van der Waals surface area contributed by atoms with Crippen LogP contribution in [0.3, 0.4) is 0 Å². The molecule has 0 fully saturated rings. The van der Waals surface area contributed by atoms with Crippen molar-refractivity contribution in [2.75, 3.05) is 4.31 Å². The summed E-state index contributed by atoms with van der Waals surface area (Å²) in [6, 6.07) is 27.2. The van der Waals surface area contributed by atoms with Gasteiger partial charge in [0.05, 0.1) is 10.6 Å². The minimum atomic E-state index is -4.05. The lowest BCUT2D eigenvalue weighted by Crippen LogP contribution is -2.30. The van der Waals surface area contributed by atoms with Gasteiger partial charge >= 0.3 is 0 Å². The molecule has 1 amide bonds. The van der Waals surface area contributed by atoms with Crippen molar-refractivity contribution in [3.63, 3.8) is 0 Å². The molecule has 37 heavy (non-hydrogen) atoms. The van der Waals surface area contributed by atoms with E-state index in [1.165, 1.54) is 28.8 Å². The number of pyridine rings is 1. The molecular weight excluding hydrogens is 482 g/mol. The normalized spacial score (nSPS) is 11.5. The number of para-hydroxylation sites is 1. The summed E-state index contributed by atoms with van der Waals surface area (Å²) in [7, 11) is -4.05. The van der Waals surface area contributed by atoms with Gasteiger partial charge in [-0.25, -0.2) is 17.7 Å². The van der Waals surface area contributed by atoms with Crippen molar-refractivity contribution >= 4 is 33.2 Å². The molecule has 2 heterocycles. The number of hydrogen-bond donors (Lipinski definition) is 0. The van der Waals surface area contributed by atoms with Gasteiger partial charge in [0.15, 0.2) is 0 Å². The van der Waals surface area contributed by atoms with Gasteiger partial charge in [0.2, 0.25) is 6.41 Å². The molecule has 5 rings (SSSR count). The summed E-state index contributed by atoms with van der Waals surface area (Å²) in [5.41, 5.74) is 6.27. The number of carbonyl (C=O) groups excluding carboxylic acids is 1. The van der Waals surface area contributed by atoms with E-state index in [-0.39, 0.29) is 4.90 Å². The van der Waals surface area contributed by atoms with Gasteiger partial charge in [0, 0.05) is 29.4 Å². The first kappa shape index (κ1) is 24.5. The molecule has 0 aliphatic heterocycles. The highest BCUT2D eigenvalue weighted by atomic mass is 32.2. The number of sulfonamides is 1. The average molecular weight is 510 g/mol. The quantitative estimate of drug-likeness (QED) is 0.242. The molecule has 0 spiro atoms. The number of fused-ring (bicyclic) bond motifs is 1. The number of aryl methyl sites for hydroxylation is 2. The van der Waals surface area contributed by atoms with Crippen LogP contribution in [-0.4, -0.2) is 24.4 Å². The maximum atomic E-state index is 13.3. The Morgan fingerprint density at radius 2 is 1.62 bits per heavy atom. The van der Waals surface area contributed by atoms with Gasteiger partial charge in [0.25, 0.3) is 10.0 Å².